The van der Waals surface area contributed by atoms with Gasteiger partial charge in [0.05, 0.1) is 31.8 Å². The molecule has 4 aliphatic rings. The predicted molar refractivity (Wildman–Crippen MR) is 346 cm³/mol. The van der Waals surface area contributed by atoms with Gasteiger partial charge in [0.15, 0.2) is 0 Å². The zero-order valence-corrected chi connectivity index (χ0v) is 63.3. The van der Waals surface area contributed by atoms with Crippen molar-refractivity contribution < 1.29 is 18.1 Å². The number of hydrogen-bond donors (Lipinski definition) is 4. The molecule has 0 saturated carbocycles. The van der Waals surface area contributed by atoms with Gasteiger partial charge in [0.1, 0.15) is 33.5 Å². The quantitative estimate of drug-likeness (QED) is 0.110. The number of nitrogens with one attached hydrogen (secondary N) is 4. The standard InChI is InChI=1S/C53H120N12O4P8/c1-41(2,3)54-70-58(45(13,14)15)74(59(70)46(16,17)18)66-37-53(38-67-75-60(47(19,20)21)71(55-42(4,5)6)61(75)48(22,23)24,39-68-76-62(49(25,26)27)72(56-43(7,8)9)63(76)50(28,29)30)40-69-77-64(51(31,32)33)73(57-44(10,11)12)65(77)52(34,35)36/h54-57H,37-40H2,1-36H3. The maximum atomic E-state index is 7.81. The Bertz CT molecular complexity index is 1580. The highest BCUT2D eigenvalue weighted by atomic mass is 31.3. The minimum atomic E-state index is -1.24. The van der Waals surface area contributed by atoms with Crippen LogP contribution in [0.3, 0.4) is 0 Å². The van der Waals surface area contributed by atoms with Crippen molar-refractivity contribution >= 4 is 67.3 Å². The molecule has 0 aromatic rings. The van der Waals surface area contributed by atoms with Crippen LogP contribution in [0.5, 0.6) is 0 Å². The average Bonchev–Trinajstić information content (AvgIpc) is 3.05. The Hall–Kier alpha value is 2.80. The Kier molecular flexibility index (Phi) is 22.6. The summed E-state index contributed by atoms with van der Waals surface area (Å²) in [6, 6.07) is 0. The summed E-state index contributed by atoms with van der Waals surface area (Å²) < 4.78 is 52.5. The first-order chi connectivity index (χ1) is 33.7. The van der Waals surface area contributed by atoms with Gasteiger partial charge in [-0.3, -0.25) is 20.3 Å². The molecule has 0 aromatic heterocycles. The molecule has 4 heterocycles. The van der Waals surface area contributed by atoms with Crippen LogP contribution in [0.25, 0.3) is 0 Å². The van der Waals surface area contributed by atoms with E-state index in [0.717, 1.165) is 0 Å². The zero-order chi connectivity index (χ0) is 60.2. The molecule has 77 heavy (non-hydrogen) atoms. The Labute approximate surface area is 486 Å². The number of rotatable bonds is 16. The molecule has 0 unspecified atom stereocenters. The van der Waals surface area contributed by atoms with Crippen LogP contribution in [0.4, 0.5) is 0 Å². The fourth-order valence-electron chi connectivity index (χ4n) is 8.47. The summed E-state index contributed by atoms with van der Waals surface area (Å²) in [7, 11) is -8.53. The summed E-state index contributed by atoms with van der Waals surface area (Å²) in [5.41, 5.74) is -2.52. The third kappa shape index (κ3) is 18.4. The Morgan fingerprint density at radius 1 is 0.221 bits per heavy atom. The van der Waals surface area contributed by atoms with Gasteiger partial charge in [-0.05, 0) is 249 Å². The predicted octanol–water partition coefficient (Wildman–Crippen LogP) is 18.3. The van der Waals surface area contributed by atoms with Crippen molar-refractivity contribution in [2.24, 2.45) is 5.41 Å². The number of hydrogen-bond acceptors (Lipinski definition) is 16. The third-order valence-corrected chi connectivity index (χ3v) is 38.9. The monoisotopic (exact) mass is 1240 g/mol. The fourth-order valence-corrected chi connectivity index (χ4v) is 32.7. The van der Waals surface area contributed by atoms with E-state index in [4.69, 9.17) is 18.1 Å². The summed E-state index contributed by atoms with van der Waals surface area (Å²) in [5.74, 6) is 0. The largest absolute Gasteiger partial charge is 0.330 e. The third-order valence-electron chi connectivity index (χ3n) is 11.2. The first-order valence-electron chi connectivity index (χ1n) is 28.2. The van der Waals surface area contributed by atoms with E-state index in [1.54, 1.807) is 0 Å². The molecule has 4 aliphatic heterocycles. The van der Waals surface area contributed by atoms with Crippen molar-refractivity contribution in [3.05, 3.63) is 0 Å². The van der Waals surface area contributed by atoms with E-state index < -0.39 is 72.7 Å². The van der Waals surface area contributed by atoms with Crippen molar-refractivity contribution in [2.75, 3.05) is 26.4 Å². The minimum absolute atomic E-state index is 0.0997. The SMILES string of the molecule is CC(C)(C)NP1N(C(C)(C)C)P(OCC(COP2N(C(C)(C)C)P(NC(C)(C)C)N2C(C)(C)C)(COP2N(C(C)(C)C)P(NC(C)(C)C)N2C(C)(C)C)COP2N(C(C)(C)C)P(NC(C)(C)C)N2C(C)(C)C)N1C(C)(C)C. The van der Waals surface area contributed by atoms with Crippen LogP contribution in [-0.4, -0.2) is 128 Å². The fraction of sp³-hybridized carbons (Fsp3) is 1.00. The van der Waals surface area contributed by atoms with E-state index >= 15 is 0 Å². The molecule has 0 spiro atoms. The van der Waals surface area contributed by atoms with E-state index in [0.29, 0.717) is 26.4 Å². The lowest BCUT2D eigenvalue weighted by molar-refractivity contribution is -0.0110. The van der Waals surface area contributed by atoms with Gasteiger partial charge in [-0.15, -0.1) is 0 Å². The van der Waals surface area contributed by atoms with E-state index in [1.165, 1.54) is 0 Å². The van der Waals surface area contributed by atoms with E-state index in [-0.39, 0.29) is 66.5 Å². The lowest BCUT2D eigenvalue weighted by atomic mass is 9.93. The number of nitrogens with zero attached hydrogens (tertiary/aromatic N) is 8. The Morgan fingerprint density at radius 2 is 0.338 bits per heavy atom. The highest BCUT2D eigenvalue weighted by molar-refractivity contribution is 7.81. The summed E-state index contributed by atoms with van der Waals surface area (Å²) in [6.07, 6.45) is 0. The Morgan fingerprint density at radius 3 is 0.429 bits per heavy atom. The normalized spacial score (nSPS) is 28.8. The van der Waals surface area contributed by atoms with Gasteiger partial charge in [0.25, 0.3) is 0 Å². The molecule has 4 fully saturated rings. The molecule has 0 aliphatic carbocycles. The Balaban J connectivity index is 2.03. The van der Waals surface area contributed by atoms with Crippen molar-refractivity contribution in [1.29, 1.82) is 0 Å². The van der Waals surface area contributed by atoms with Crippen LogP contribution >= 0.6 is 67.3 Å². The second-order valence-corrected chi connectivity index (χ2v) is 49.1. The van der Waals surface area contributed by atoms with Gasteiger partial charge >= 0.3 is 0 Å². The second-order valence-electron chi connectivity index (χ2n) is 33.9. The van der Waals surface area contributed by atoms with Gasteiger partial charge in [-0.1, -0.05) is 0 Å². The van der Waals surface area contributed by atoms with Crippen LogP contribution in [0, 0.1) is 5.41 Å². The van der Waals surface area contributed by atoms with Crippen LogP contribution in [0.2, 0.25) is 0 Å². The maximum absolute atomic E-state index is 7.81. The lowest BCUT2D eigenvalue weighted by Gasteiger charge is -2.65. The topological polar surface area (TPSA) is 111 Å². The molecule has 456 valence electrons. The molecule has 0 atom stereocenters. The first kappa shape index (κ1) is 72.3. The molecule has 4 saturated heterocycles. The molecule has 16 nitrogen and oxygen atoms in total. The smallest absolute Gasteiger partial charge is 0.200 e. The van der Waals surface area contributed by atoms with Crippen LogP contribution in [0.1, 0.15) is 249 Å². The van der Waals surface area contributed by atoms with Crippen LogP contribution < -0.4 is 20.3 Å². The molecule has 4 N–H and O–H groups in total. The summed E-state index contributed by atoms with van der Waals surface area (Å²) >= 11 is 0. The van der Waals surface area contributed by atoms with Gasteiger partial charge in [-0.2, -0.15) is 35.5 Å². The van der Waals surface area contributed by atoms with Crippen molar-refractivity contribution in [2.45, 2.75) is 316 Å². The molecule has 0 amide bonds. The van der Waals surface area contributed by atoms with E-state index in [2.05, 4.69) is 305 Å². The molecule has 24 heteroatoms. The van der Waals surface area contributed by atoms with Gasteiger partial charge in [0.2, 0.25) is 33.8 Å². The van der Waals surface area contributed by atoms with Gasteiger partial charge in [0, 0.05) is 66.5 Å². The lowest BCUT2D eigenvalue weighted by Crippen LogP contribution is -2.60. The second kappa shape index (κ2) is 24.1. The summed E-state index contributed by atoms with van der Waals surface area (Å²) in [4.78, 5) is 0. The van der Waals surface area contributed by atoms with E-state index in [1.807, 2.05) is 0 Å². The minimum Gasteiger partial charge on any atom is -0.330 e. The first-order valence-corrected chi connectivity index (χ1v) is 37.8. The molecular formula is C53H120N12O4P8. The molecule has 0 aromatic carbocycles. The summed E-state index contributed by atoms with van der Waals surface area (Å²) in [5, 5.41) is 16.3. The van der Waals surface area contributed by atoms with Gasteiger partial charge < -0.3 is 18.1 Å². The van der Waals surface area contributed by atoms with Crippen molar-refractivity contribution in [1.82, 2.24) is 55.9 Å². The van der Waals surface area contributed by atoms with Crippen LogP contribution in [0.15, 0.2) is 0 Å². The highest BCUT2D eigenvalue weighted by Crippen LogP contribution is 2.84. The van der Waals surface area contributed by atoms with Crippen molar-refractivity contribution in [3.63, 3.8) is 0 Å². The highest BCUT2D eigenvalue weighted by Gasteiger charge is 2.64. The van der Waals surface area contributed by atoms with Gasteiger partial charge in [-0.25, -0.2) is 0 Å². The average molecular weight is 1240 g/mol. The van der Waals surface area contributed by atoms with E-state index in [9.17, 15) is 0 Å². The molecular weight excluding hydrogens is 1120 g/mol. The molecule has 4 rings (SSSR count). The van der Waals surface area contributed by atoms with Crippen LogP contribution in [-0.2, 0) is 18.1 Å². The summed E-state index contributed by atoms with van der Waals surface area (Å²) in [6.45, 7) is 85.1. The van der Waals surface area contributed by atoms with Crippen molar-refractivity contribution in [3.8, 4) is 0 Å². The maximum Gasteiger partial charge on any atom is 0.200 e. The zero-order valence-electron chi connectivity index (χ0n) is 56.1. The molecule has 0 bridgehead atoms. The molecule has 0 radical (unpaired) electrons.